The third kappa shape index (κ3) is 3.83. The summed E-state index contributed by atoms with van der Waals surface area (Å²) in [6, 6.07) is 13.8. The molecule has 5 rings (SSSR count). The SMILES string of the molecule is Cc1ccn(CC(C)NC(=O)c2cc(C3CC3)nc3c2c(C)nn3-c2ccccc2)n1. The van der Waals surface area contributed by atoms with Crippen molar-refractivity contribution in [3.05, 3.63) is 71.3 Å². The van der Waals surface area contributed by atoms with E-state index in [4.69, 9.17) is 10.1 Å². The lowest BCUT2D eigenvalue weighted by Gasteiger charge is -2.15. The summed E-state index contributed by atoms with van der Waals surface area (Å²) in [5.74, 6) is 0.334. The van der Waals surface area contributed by atoms with Crippen LogP contribution >= 0.6 is 0 Å². The highest BCUT2D eigenvalue weighted by Gasteiger charge is 2.29. The molecule has 1 amide bonds. The number of nitrogens with zero attached hydrogens (tertiary/aromatic N) is 5. The van der Waals surface area contributed by atoms with Crippen molar-refractivity contribution in [2.24, 2.45) is 0 Å². The zero-order chi connectivity index (χ0) is 21.5. The van der Waals surface area contributed by atoms with Crippen LogP contribution in [0.4, 0.5) is 0 Å². The topological polar surface area (TPSA) is 77.6 Å². The second-order valence-electron chi connectivity index (χ2n) is 8.45. The second-order valence-corrected chi connectivity index (χ2v) is 8.45. The quantitative estimate of drug-likeness (QED) is 0.519. The summed E-state index contributed by atoms with van der Waals surface area (Å²) in [6.07, 6.45) is 4.17. The number of hydrogen-bond acceptors (Lipinski definition) is 4. The molecule has 3 heterocycles. The second kappa shape index (κ2) is 7.65. The molecule has 158 valence electrons. The summed E-state index contributed by atoms with van der Waals surface area (Å²) in [5, 5.41) is 13.1. The first-order valence-electron chi connectivity index (χ1n) is 10.8. The Kier molecular flexibility index (Phi) is 4.81. The molecule has 1 fully saturated rings. The Morgan fingerprint density at radius 3 is 2.61 bits per heavy atom. The minimum Gasteiger partial charge on any atom is -0.348 e. The van der Waals surface area contributed by atoms with Crippen LogP contribution < -0.4 is 5.32 Å². The van der Waals surface area contributed by atoms with Gasteiger partial charge in [-0.05, 0) is 57.9 Å². The first kappa shape index (κ1) is 19.5. The van der Waals surface area contributed by atoms with Crippen LogP contribution in [0.5, 0.6) is 0 Å². The van der Waals surface area contributed by atoms with Gasteiger partial charge in [0, 0.05) is 23.9 Å². The molecule has 7 nitrogen and oxygen atoms in total. The molecular formula is C24H26N6O. The maximum atomic E-state index is 13.4. The van der Waals surface area contributed by atoms with Gasteiger partial charge < -0.3 is 5.32 Å². The highest BCUT2D eigenvalue weighted by atomic mass is 16.1. The van der Waals surface area contributed by atoms with E-state index in [1.807, 2.05) is 78.8 Å². The Morgan fingerprint density at radius 1 is 1.16 bits per heavy atom. The Bertz CT molecular complexity index is 1250. The molecule has 3 aromatic heterocycles. The maximum Gasteiger partial charge on any atom is 0.252 e. The van der Waals surface area contributed by atoms with E-state index in [1.165, 1.54) is 0 Å². The smallest absolute Gasteiger partial charge is 0.252 e. The third-order valence-electron chi connectivity index (χ3n) is 5.69. The van der Waals surface area contributed by atoms with Crippen molar-refractivity contribution in [3.63, 3.8) is 0 Å². The van der Waals surface area contributed by atoms with Crippen LogP contribution in [-0.4, -0.2) is 36.5 Å². The fraction of sp³-hybridized carbons (Fsp3) is 0.333. The fourth-order valence-electron chi connectivity index (χ4n) is 4.02. The number of carbonyl (C=O) groups excluding carboxylic acids is 1. The molecule has 1 atom stereocenters. The highest BCUT2D eigenvalue weighted by Crippen LogP contribution is 2.40. The van der Waals surface area contributed by atoms with Crippen LogP contribution in [0, 0.1) is 13.8 Å². The van der Waals surface area contributed by atoms with Gasteiger partial charge in [-0.15, -0.1) is 0 Å². The summed E-state index contributed by atoms with van der Waals surface area (Å²) < 4.78 is 3.71. The van der Waals surface area contributed by atoms with Gasteiger partial charge in [0.05, 0.1) is 34.6 Å². The van der Waals surface area contributed by atoms with Crippen LogP contribution in [0.1, 0.15) is 53.1 Å². The van der Waals surface area contributed by atoms with Crippen LogP contribution in [0.15, 0.2) is 48.7 Å². The Morgan fingerprint density at radius 2 is 1.94 bits per heavy atom. The minimum atomic E-state index is -0.0959. The largest absolute Gasteiger partial charge is 0.348 e. The number of carbonyl (C=O) groups is 1. The van der Waals surface area contributed by atoms with Gasteiger partial charge >= 0.3 is 0 Å². The lowest BCUT2D eigenvalue weighted by molar-refractivity contribution is 0.0937. The number of benzene rings is 1. The molecule has 1 saturated carbocycles. The number of para-hydroxylation sites is 1. The average Bonchev–Trinajstić information content (AvgIpc) is 3.46. The lowest BCUT2D eigenvalue weighted by atomic mass is 10.1. The summed E-state index contributed by atoms with van der Waals surface area (Å²) in [4.78, 5) is 18.3. The number of aryl methyl sites for hydroxylation is 2. The molecule has 31 heavy (non-hydrogen) atoms. The van der Waals surface area contributed by atoms with Crippen molar-refractivity contribution in [2.45, 2.75) is 52.1 Å². The van der Waals surface area contributed by atoms with Crippen molar-refractivity contribution in [2.75, 3.05) is 0 Å². The minimum absolute atomic E-state index is 0.0659. The molecule has 7 heteroatoms. The zero-order valence-electron chi connectivity index (χ0n) is 18.0. The highest BCUT2D eigenvalue weighted by molar-refractivity contribution is 6.07. The van der Waals surface area contributed by atoms with Crippen molar-refractivity contribution < 1.29 is 4.79 Å². The molecule has 1 aliphatic carbocycles. The molecule has 4 aromatic rings. The number of hydrogen-bond donors (Lipinski definition) is 1. The number of aromatic nitrogens is 5. The van der Waals surface area contributed by atoms with Gasteiger partial charge in [-0.1, -0.05) is 18.2 Å². The van der Waals surface area contributed by atoms with E-state index in [0.717, 1.165) is 46.6 Å². The van der Waals surface area contributed by atoms with Crippen molar-refractivity contribution in [1.82, 2.24) is 29.9 Å². The van der Waals surface area contributed by atoms with Crippen molar-refractivity contribution >= 4 is 16.9 Å². The Labute approximate surface area is 181 Å². The number of pyridine rings is 1. The molecule has 0 bridgehead atoms. The van der Waals surface area contributed by atoms with Gasteiger partial charge in [-0.3, -0.25) is 9.48 Å². The standard InChI is InChI=1S/C24H26N6O/c1-15-11-12-29(27-15)14-16(2)25-24(31)20-13-21(18-9-10-18)26-23-22(20)17(3)28-30(23)19-7-5-4-6-8-19/h4-8,11-13,16,18H,9-10,14H2,1-3H3,(H,25,31). The Hall–Kier alpha value is -3.48. The van der Waals surface area contributed by atoms with Crippen LogP contribution in [-0.2, 0) is 6.54 Å². The molecule has 0 aliphatic heterocycles. The van der Waals surface area contributed by atoms with Gasteiger partial charge in [0.1, 0.15) is 0 Å². The number of rotatable bonds is 6. The van der Waals surface area contributed by atoms with Gasteiger partial charge in [-0.25, -0.2) is 9.67 Å². The van der Waals surface area contributed by atoms with E-state index in [0.29, 0.717) is 18.0 Å². The van der Waals surface area contributed by atoms with E-state index in [2.05, 4.69) is 10.4 Å². The van der Waals surface area contributed by atoms with Gasteiger partial charge in [-0.2, -0.15) is 10.2 Å². The molecule has 1 unspecified atom stereocenters. The van der Waals surface area contributed by atoms with Gasteiger partial charge in [0.2, 0.25) is 0 Å². The monoisotopic (exact) mass is 414 g/mol. The summed E-state index contributed by atoms with van der Waals surface area (Å²) in [7, 11) is 0. The first-order valence-corrected chi connectivity index (χ1v) is 10.8. The van der Waals surface area contributed by atoms with Gasteiger partial charge in [0.15, 0.2) is 5.65 Å². The summed E-state index contributed by atoms with van der Waals surface area (Å²) in [6.45, 7) is 6.51. The van der Waals surface area contributed by atoms with E-state index in [1.54, 1.807) is 0 Å². The maximum absolute atomic E-state index is 13.4. The fourth-order valence-corrected chi connectivity index (χ4v) is 4.02. The predicted octanol–water partition coefficient (Wildman–Crippen LogP) is 3.93. The number of nitrogens with one attached hydrogen (secondary N) is 1. The average molecular weight is 415 g/mol. The van der Waals surface area contributed by atoms with E-state index in [9.17, 15) is 4.79 Å². The van der Waals surface area contributed by atoms with Crippen molar-refractivity contribution in [1.29, 1.82) is 0 Å². The lowest BCUT2D eigenvalue weighted by Crippen LogP contribution is -2.36. The molecule has 0 radical (unpaired) electrons. The molecule has 1 aromatic carbocycles. The number of fused-ring (bicyclic) bond motifs is 1. The molecule has 0 saturated heterocycles. The number of amides is 1. The molecule has 1 N–H and O–H groups in total. The molecule has 1 aliphatic rings. The van der Waals surface area contributed by atoms with Crippen molar-refractivity contribution in [3.8, 4) is 5.69 Å². The van der Waals surface area contributed by atoms with E-state index in [-0.39, 0.29) is 11.9 Å². The molecular weight excluding hydrogens is 388 g/mol. The van der Waals surface area contributed by atoms with Gasteiger partial charge in [0.25, 0.3) is 5.91 Å². The third-order valence-corrected chi connectivity index (χ3v) is 5.69. The van der Waals surface area contributed by atoms with E-state index < -0.39 is 0 Å². The Balaban J connectivity index is 1.53. The van der Waals surface area contributed by atoms with Crippen LogP contribution in [0.2, 0.25) is 0 Å². The summed E-state index contributed by atoms with van der Waals surface area (Å²) in [5.41, 5.74) is 5.07. The summed E-state index contributed by atoms with van der Waals surface area (Å²) >= 11 is 0. The normalized spacial score (nSPS) is 14.7. The van der Waals surface area contributed by atoms with Crippen LogP contribution in [0.3, 0.4) is 0 Å². The predicted molar refractivity (Wildman–Crippen MR) is 119 cm³/mol. The first-order chi connectivity index (χ1) is 15.0. The van der Waals surface area contributed by atoms with E-state index >= 15 is 0 Å². The molecule has 0 spiro atoms. The zero-order valence-corrected chi connectivity index (χ0v) is 18.0. The van der Waals surface area contributed by atoms with Crippen LogP contribution in [0.25, 0.3) is 16.7 Å².